The number of aliphatic carboxylic acids is 1. The molecule has 306 valence electrons. The lowest BCUT2D eigenvalue weighted by Crippen LogP contribution is -2.24. The summed E-state index contributed by atoms with van der Waals surface area (Å²) in [6, 6.07) is 16.3. The number of carboxylic acid groups (broad SMARTS) is 1. The molecule has 0 aliphatic carbocycles. The Balaban J connectivity index is 0.000000868. The number of carbonyl (C=O) groups is 3. The molecule has 0 saturated carbocycles. The van der Waals surface area contributed by atoms with E-state index in [1.807, 2.05) is 31.2 Å². The molecule has 56 heavy (non-hydrogen) atoms. The van der Waals surface area contributed by atoms with Crippen LogP contribution in [0.4, 0.5) is 0 Å². The molecule has 2 rings (SSSR count). The molecule has 2 aromatic carbocycles. The number of allylic oxidation sites excluding steroid dienone is 12. The van der Waals surface area contributed by atoms with Crippen LogP contribution in [0.2, 0.25) is 0 Å². The van der Waals surface area contributed by atoms with E-state index < -0.39 is 11.9 Å². The molecule has 0 radical (unpaired) electrons. The molecule has 2 unspecified atom stereocenters. The lowest BCUT2D eigenvalue weighted by atomic mass is 9.92. The van der Waals surface area contributed by atoms with Crippen molar-refractivity contribution in [1.82, 2.24) is 5.32 Å². The zero-order valence-electron chi connectivity index (χ0n) is 35.7. The molecule has 0 aromatic heterocycles. The highest BCUT2D eigenvalue weighted by Crippen LogP contribution is 2.20. The number of hydrogen-bond donors (Lipinski definition) is 2. The summed E-state index contributed by atoms with van der Waals surface area (Å²) in [6.07, 6.45) is 36.6. The lowest BCUT2D eigenvalue weighted by molar-refractivity contribution is -0.138. The molecule has 0 aliphatic rings. The van der Waals surface area contributed by atoms with Gasteiger partial charge in [-0.1, -0.05) is 163 Å². The van der Waals surface area contributed by atoms with Crippen LogP contribution < -0.4 is 5.32 Å². The van der Waals surface area contributed by atoms with Crippen LogP contribution in [0, 0.1) is 11.8 Å². The summed E-state index contributed by atoms with van der Waals surface area (Å²) in [7, 11) is 0. The summed E-state index contributed by atoms with van der Waals surface area (Å²) in [5, 5.41) is 11.8. The van der Waals surface area contributed by atoms with Crippen LogP contribution in [0.3, 0.4) is 0 Å². The number of nitrogens with one attached hydrogen (secondary N) is 1. The van der Waals surface area contributed by atoms with Gasteiger partial charge >= 0.3 is 5.97 Å². The molecule has 0 spiro atoms. The van der Waals surface area contributed by atoms with Gasteiger partial charge in [0.25, 0.3) is 0 Å². The number of carboxylic acids is 1. The van der Waals surface area contributed by atoms with E-state index in [1.165, 1.54) is 11.1 Å². The standard InChI is InChI=1S/C38H55NO2.C13H18O2/c1-5-6-7-8-9-10-11-12-13-14-15-16-17-18-19-20-21-22-23-26-38(41)39-31-24-25-37(40)34(4)36-29-27-35(28-30-36)32-33(2)3;1-9(2)8-11-4-6-12(7-5-11)10(3)13(14)15/h6-7,9-10,12-13,15-16,18-19,21-22,27-30,33-34H,5,8,11,14,17,20,23-26,31-32H2,1-4H3,(H,39,41);4-7,9-10H,8H2,1-3H3,(H,14,15)/b7-6-,10-9-,13-12-,16-15-,19-18-,22-21-;. The van der Waals surface area contributed by atoms with Gasteiger partial charge in [0, 0.05) is 25.3 Å². The van der Waals surface area contributed by atoms with Gasteiger partial charge < -0.3 is 10.4 Å². The minimum Gasteiger partial charge on any atom is -0.481 e. The van der Waals surface area contributed by atoms with Crippen LogP contribution >= 0.6 is 0 Å². The third kappa shape index (κ3) is 25.5. The van der Waals surface area contributed by atoms with Gasteiger partial charge in [-0.2, -0.15) is 0 Å². The van der Waals surface area contributed by atoms with E-state index in [9.17, 15) is 14.4 Å². The van der Waals surface area contributed by atoms with E-state index in [1.54, 1.807) is 6.92 Å². The van der Waals surface area contributed by atoms with Crippen LogP contribution in [-0.2, 0) is 27.2 Å². The average Bonchev–Trinajstić information content (AvgIpc) is 3.17. The summed E-state index contributed by atoms with van der Waals surface area (Å²) in [6.45, 7) is 15.2. The van der Waals surface area contributed by atoms with Gasteiger partial charge in [0.2, 0.25) is 5.91 Å². The van der Waals surface area contributed by atoms with Crippen LogP contribution in [-0.4, -0.2) is 29.3 Å². The van der Waals surface area contributed by atoms with Crippen molar-refractivity contribution in [3.8, 4) is 0 Å². The number of amides is 1. The third-order valence-electron chi connectivity index (χ3n) is 9.16. The van der Waals surface area contributed by atoms with E-state index in [2.05, 4.69) is 137 Å². The van der Waals surface area contributed by atoms with E-state index in [-0.39, 0.29) is 17.6 Å². The molecule has 1 amide bonds. The smallest absolute Gasteiger partial charge is 0.310 e. The van der Waals surface area contributed by atoms with E-state index >= 15 is 0 Å². The SMILES string of the molecule is CC(C)Cc1ccc(C(C)C(=O)O)cc1.CC/C=C\C/C=C\C/C=C\C/C=C\C/C=C\C/C=C\CCC(=O)NCCCC(=O)C(C)c1ccc(CC(C)C)cc1. The molecule has 0 fully saturated rings. The molecule has 0 heterocycles. The second-order valence-corrected chi connectivity index (χ2v) is 15.3. The van der Waals surface area contributed by atoms with Gasteiger partial charge in [-0.15, -0.1) is 0 Å². The van der Waals surface area contributed by atoms with E-state index in [4.69, 9.17) is 5.11 Å². The van der Waals surface area contributed by atoms with Crippen molar-refractivity contribution >= 4 is 17.7 Å². The Labute approximate surface area is 340 Å². The zero-order valence-corrected chi connectivity index (χ0v) is 35.7. The number of benzene rings is 2. The van der Waals surface area contributed by atoms with Gasteiger partial charge in [-0.25, -0.2) is 0 Å². The first kappa shape index (κ1) is 49.5. The Bertz CT molecular complexity index is 1540. The molecule has 2 atom stereocenters. The molecule has 2 aromatic rings. The van der Waals surface area contributed by atoms with Crippen molar-refractivity contribution in [3.63, 3.8) is 0 Å². The summed E-state index contributed by atoms with van der Waals surface area (Å²) >= 11 is 0. The Morgan fingerprint density at radius 3 is 1.34 bits per heavy atom. The van der Waals surface area contributed by atoms with Crippen LogP contribution in [0.25, 0.3) is 0 Å². The summed E-state index contributed by atoms with van der Waals surface area (Å²) in [5.74, 6) is 0.240. The molecule has 5 heteroatoms. The normalized spacial score (nSPS) is 13.2. The van der Waals surface area contributed by atoms with Crippen molar-refractivity contribution < 1.29 is 19.5 Å². The Hall–Kier alpha value is -4.51. The number of rotatable bonds is 26. The third-order valence-corrected chi connectivity index (χ3v) is 9.16. The summed E-state index contributed by atoms with van der Waals surface area (Å²) in [4.78, 5) is 35.4. The van der Waals surface area contributed by atoms with Gasteiger partial charge in [0.05, 0.1) is 5.92 Å². The van der Waals surface area contributed by atoms with Gasteiger partial charge in [-0.05, 0) is 105 Å². The Morgan fingerprint density at radius 2 is 0.946 bits per heavy atom. The van der Waals surface area contributed by atoms with Gasteiger partial charge in [-0.3, -0.25) is 14.4 Å². The van der Waals surface area contributed by atoms with Crippen molar-refractivity contribution in [1.29, 1.82) is 0 Å². The molecular formula is C51H73NO4. The largest absolute Gasteiger partial charge is 0.481 e. The summed E-state index contributed by atoms with van der Waals surface area (Å²) < 4.78 is 0. The minimum absolute atomic E-state index is 0.0470. The molecular weight excluding hydrogens is 691 g/mol. The van der Waals surface area contributed by atoms with Crippen LogP contribution in [0.15, 0.2) is 121 Å². The highest BCUT2D eigenvalue weighted by molar-refractivity contribution is 5.85. The predicted molar refractivity (Wildman–Crippen MR) is 239 cm³/mol. The van der Waals surface area contributed by atoms with Crippen molar-refractivity contribution in [2.75, 3.05) is 6.54 Å². The van der Waals surface area contributed by atoms with Crippen LogP contribution in [0.5, 0.6) is 0 Å². The molecule has 0 aliphatic heterocycles. The predicted octanol–water partition coefficient (Wildman–Crippen LogP) is 13.0. The fourth-order valence-corrected chi connectivity index (χ4v) is 5.81. The maximum atomic E-state index is 12.6. The van der Waals surface area contributed by atoms with Crippen LogP contribution in [0.1, 0.15) is 147 Å². The second kappa shape index (κ2) is 31.7. The lowest BCUT2D eigenvalue weighted by Gasteiger charge is -2.12. The maximum Gasteiger partial charge on any atom is 0.310 e. The fourth-order valence-electron chi connectivity index (χ4n) is 5.81. The Kier molecular flexibility index (Phi) is 28.0. The first-order valence-electron chi connectivity index (χ1n) is 21.0. The van der Waals surface area contributed by atoms with E-state index in [0.717, 1.165) is 68.9 Å². The fraction of sp³-hybridized carbons (Fsp3) is 0.471. The van der Waals surface area contributed by atoms with Crippen molar-refractivity contribution in [2.45, 2.75) is 137 Å². The monoisotopic (exact) mass is 764 g/mol. The average molecular weight is 764 g/mol. The topological polar surface area (TPSA) is 83.5 Å². The first-order valence-corrected chi connectivity index (χ1v) is 21.0. The van der Waals surface area contributed by atoms with Crippen molar-refractivity contribution in [3.05, 3.63) is 144 Å². The molecule has 2 N–H and O–H groups in total. The Morgan fingerprint density at radius 1 is 0.554 bits per heavy atom. The summed E-state index contributed by atoms with van der Waals surface area (Å²) in [5.41, 5.74) is 4.53. The quantitative estimate of drug-likeness (QED) is 0.0738. The van der Waals surface area contributed by atoms with Crippen molar-refractivity contribution in [2.24, 2.45) is 11.8 Å². The minimum atomic E-state index is -0.772. The second-order valence-electron chi connectivity index (χ2n) is 15.3. The highest BCUT2D eigenvalue weighted by Gasteiger charge is 2.15. The molecule has 0 saturated heterocycles. The maximum absolute atomic E-state index is 12.6. The first-order chi connectivity index (χ1) is 26.9. The van der Waals surface area contributed by atoms with Gasteiger partial charge in [0.1, 0.15) is 5.78 Å². The highest BCUT2D eigenvalue weighted by atomic mass is 16.4. The number of Topliss-reactive ketones (excluding diaryl/α,β-unsaturated/α-hetero) is 1. The number of ketones is 1. The van der Waals surface area contributed by atoms with E-state index in [0.29, 0.717) is 37.6 Å². The molecule has 5 nitrogen and oxygen atoms in total. The van der Waals surface area contributed by atoms with Gasteiger partial charge in [0.15, 0.2) is 0 Å². The number of hydrogen-bond acceptors (Lipinski definition) is 3. The number of carbonyl (C=O) groups excluding carboxylic acids is 2. The zero-order chi connectivity index (χ0) is 41.4. The molecule has 0 bridgehead atoms.